The van der Waals surface area contributed by atoms with Gasteiger partial charge in [0, 0.05) is 31.6 Å². The fraction of sp³-hybridized carbons (Fsp3) is 0.385. The average Bonchev–Trinajstić information content (AvgIpc) is 2.75. The molecule has 0 aromatic carbocycles. The van der Waals surface area contributed by atoms with Crippen LogP contribution in [0.1, 0.15) is 31.0 Å². The molecule has 0 bridgehead atoms. The SMILES string of the molecule is CCCCn1ccc(Cc2cccnc2)n1. The van der Waals surface area contributed by atoms with E-state index in [1.165, 1.54) is 18.4 Å². The monoisotopic (exact) mass is 215 g/mol. The third-order valence-electron chi connectivity index (χ3n) is 2.54. The Morgan fingerprint density at radius 2 is 2.25 bits per heavy atom. The molecule has 0 radical (unpaired) electrons. The molecule has 0 spiro atoms. The number of pyridine rings is 1. The summed E-state index contributed by atoms with van der Waals surface area (Å²) in [6.07, 6.45) is 9.01. The first kappa shape index (κ1) is 10.9. The lowest BCUT2D eigenvalue weighted by molar-refractivity contribution is 0.566. The highest BCUT2D eigenvalue weighted by molar-refractivity contribution is 5.16. The Hall–Kier alpha value is -1.64. The molecular formula is C13H17N3. The Balaban J connectivity index is 1.97. The minimum absolute atomic E-state index is 0.868. The quantitative estimate of drug-likeness (QED) is 0.767. The molecule has 2 aromatic rings. The molecule has 2 aromatic heterocycles. The molecule has 3 heteroatoms. The van der Waals surface area contributed by atoms with Crippen molar-refractivity contribution in [3.63, 3.8) is 0 Å². The van der Waals surface area contributed by atoms with Gasteiger partial charge in [-0.25, -0.2) is 0 Å². The van der Waals surface area contributed by atoms with Gasteiger partial charge in [-0.3, -0.25) is 9.67 Å². The van der Waals surface area contributed by atoms with Crippen LogP contribution < -0.4 is 0 Å². The van der Waals surface area contributed by atoms with Gasteiger partial charge in [-0.2, -0.15) is 5.10 Å². The molecule has 0 N–H and O–H groups in total. The van der Waals surface area contributed by atoms with Crippen LogP contribution in [-0.2, 0) is 13.0 Å². The maximum atomic E-state index is 4.53. The Morgan fingerprint density at radius 3 is 3.00 bits per heavy atom. The van der Waals surface area contributed by atoms with Crippen molar-refractivity contribution < 1.29 is 0 Å². The molecule has 0 aliphatic heterocycles. The Labute approximate surface area is 96.1 Å². The van der Waals surface area contributed by atoms with E-state index in [2.05, 4.69) is 35.3 Å². The summed E-state index contributed by atoms with van der Waals surface area (Å²) in [6, 6.07) is 6.13. The Morgan fingerprint density at radius 1 is 1.31 bits per heavy atom. The summed E-state index contributed by atoms with van der Waals surface area (Å²) >= 11 is 0. The van der Waals surface area contributed by atoms with Crippen LogP contribution in [0, 0.1) is 0 Å². The fourth-order valence-corrected chi connectivity index (χ4v) is 1.65. The summed E-state index contributed by atoms with van der Waals surface area (Å²) in [7, 11) is 0. The summed E-state index contributed by atoms with van der Waals surface area (Å²) in [6.45, 7) is 3.21. The van der Waals surface area contributed by atoms with Crippen molar-refractivity contribution in [2.75, 3.05) is 0 Å². The highest BCUT2D eigenvalue weighted by Crippen LogP contribution is 2.06. The number of unbranched alkanes of at least 4 members (excludes halogenated alkanes) is 1. The Bertz CT molecular complexity index is 420. The predicted octanol–water partition coefficient (Wildman–Crippen LogP) is 2.67. The number of rotatable bonds is 5. The van der Waals surface area contributed by atoms with Crippen LogP contribution in [0.5, 0.6) is 0 Å². The molecule has 0 saturated carbocycles. The van der Waals surface area contributed by atoms with E-state index in [1.54, 1.807) is 6.20 Å². The van der Waals surface area contributed by atoms with Gasteiger partial charge in [0.1, 0.15) is 0 Å². The zero-order chi connectivity index (χ0) is 11.2. The molecule has 0 amide bonds. The maximum absolute atomic E-state index is 4.53. The standard InChI is InChI=1S/C13H17N3/c1-2-3-8-16-9-6-13(15-16)10-12-5-4-7-14-11-12/h4-7,9,11H,2-3,8,10H2,1H3. The van der Waals surface area contributed by atoms with E-state index in [0.717, 1.165) is 18.7 Å². The lowest BCUT2D eigenvalue weighted by Crippen LogP contribution is -1.99. The Kier molecular flexibility index (Phi) is 3.70. The molecular weight excluding hydrogens is 198 g/mol. The van der Waals surface area contributed by atoms with Crippen molar-refractivity contribution >= 4 is 0 Å². The van der Waals surface area contributed by atoms with Crippen molar-refractivity contribution in [3.8, 4) is 0 Å². The van der Waals surface area contributed by atoms with Crippen molar-refractivity contribution in [3.05, 3.63) is 48.0 Å². The second-order valence-corrected chi connectivity index (χ2v) is 3.96. The van der Waals surface area contributed by atoms with Crippen LogP contribution in [-0.4, -0.2) is 14.8 Å². The summed E-state index contributed by atoms with van der Waals surface area (Å²) < 4.78 is 2.02. The van der Waals surface area contributed by atoms with Gasteiger partial charge in [-0.1, -0.05) is 19.4 Å². The molecule has 0 aliphatic carbocycles. The average molecular weight is 215 g/mol. The topological polar surface area (TPSA) is 30.7 Å². The van der Waals surface area contributed by atoms with Gasteiger partial charge >= 0.3 is 0 Å². The molecule has 0 aliphatic rings. The third-order valence-corrected chi connectivity index (χ3v) is 2.54. The number of aromatic nitrogens is 3. The molecule has 3 nitrogen and oxygen atoms in total. The van der Waals surface area contributed by atoms with E-state index in [1.807, 2.05) is 16.9 Å². The van der Waals surface area contributed by atoms with Crippen molar-refractivity contribution in [1.82, 2.24) is 14.8 Å². The smallest absolute Gasteiger partial charge is 0.0668 e. The van der Waals surface area contributed by atoms with E-state index in [9.17, 15) is 0 Å². The van der Waals surface area contributed by atoms with Crippen molar-refractivity contribution in [2.45, 2.75) is 32.7 Å². The van der Waals surface area contributed by atoms with Crippen LogP contribution >= 0.6 is 0 Å². The van der Waals surface area contributed by atoms with Crippen molar-refractivity contribution in [1.29, 1.82) is 0 Å². The lowest BCUT2D eigenvalue weighted by Gasteiger charge is -1.99. The van der Waals surface area contributed by atoms with Gasteiger partial charge in [0.15, 0.2) is 0 Å². The molecule has 84 valence electrons. The number of hydrogen-bond acceptors (Lipinski definition) is 2. The van der Waals surface area contributed by atoms with E-state index < -0.39 is 0 Å². The van der Waals surface area contributed by atoms with E-state index in [4.69, 9.17) is 0 Å². The predicted molar refractivity (Wildman–Crippen MR) is 64.2 cm³/mol. The van der Waals surface area contributed by atoms with Gasteiger partial charge in [0.2, 0.25) is 0 Å². The minimum Gasteiger partial charge on any atom is -0.272 e. The first-order valence-electron chi connectivity index (χ1n) is 5.79. The summed E-state index contributed by atoms with van der Waals surface area (Å²) in [5.74, 6) is 0. The van der Waals surface area contributed by atoms with Gasteiger partial charge < -0.3 is 0 Å². The zero-order valence-electron chi connectivity index (χ0n) is 9.63. The molecule has 0 unspecified atom stereocenters. The number of aryl methyl sites for hydroxylation is 1. The largest absolute Gasteiger partial charge is 0.272 e. The summed E-state index contributed by atoms with van der Waals surface area (Å²) in [5.41, 5.74) is 2.33. The van der Waals surface area contributed by atoms with Gasteiger partial charge in [0.05, 0.1) is 5.69 Å². The van der Waals surface area contributed by atoms with Crippen LogP contribution in [0.2, 0.25) is 0 Å². The highest BCUT2D eigenvalue weighted by atomic mass is 15.3. The number of nitrogens with zero attached hydrogens (tertiary/aromatic N) is 3. The second kappa shape index (κ2) is 5.45. The van der Waals surface area contributed by atoms with Gasteiger partial charge in [0.25, 0.3) is 0 Å². The minimum atomic E-state index is 0.868. The third kappa shape index (κ3) is 2.92. The molecule has 0 saturated heterocycles. The first-order chi connectivity index (χ1) is 7.88. The molecule has 2 rings (SSSR count). The highest BCUT2D eigenvalue weighted by Gasteiger charge is 2.00. The van der Waals surface area contributed by atoms with Crippen LogP contribution in [0.25, 0.3) is 0 Å². The van der Waals surface area contributed by atoms with Crippen LogP contribution in [0.4, 0.5) is 0 Å². The lowest BCUT2D eigenvalue weighted by atomic mass is 10.2. The van der Waals surface area contributed by atoms with E-state index >= 15 is 0 Å². The summed E-state index contributed by atoms with van der Waals surface area (Å²) in [4.78, 5) is 4.10. The molecule has 0 fully saturated rings. The van der Waals surface area contributed by atoms with Gasteiger partial charge in [-0.15, -0.1) is 0 Å². The fourth-order valence-electron chi connectivity index (χ4n) is 1.65. The van der Waals surface area contributed by atoms with E-state index in [0.29, 0.717) is 0 Å². The summed E-state index contributed by atoms with van der Waals surface area (Å²) in [5, 5.41) is 4.53. The van der Waals surface area contributed by atoms with Crippen LogP contribution in [0.15, 0.2) is 36.8 Å². The maximum Gasteiger partial charge on any atom is 0.0668 e. The zero-order valence-corrected chi connectivity index (χ0v) is 9.63. The van der Waals surface area contributed by atoms with Gasteiger partial charge in [-0.05, 0) is 24.1 Å². The molecule has 16 heavy (non-hydrogen) atoms. The second-order valence-electron chi connectivity index (χ2n) is 3.96. The molecule has 2 heterocycles. The van der Waals surface area contributed by atoms with Crippen molar-refractivity contribution in [2.24, 2.45) is 0 Å². The normalized spacial score (nSPS) is 10.6. The number of hydrogen-bond donors (Lipinski definition) is 0. The van der Waals surface area contributed by atoms with E-state index in [-0.39, 0.29) is 0 Å². The molecule has 0 atom stereocenters. The van der Waals surface area contributed by atoms with Crippen LogP contribution in [0.3, 0.4) is 0 Å². The first-order valence-corrected chi connectivity index (χ1v) is 5.79.